The molecule has 168 valence electrons. The minimum absolute atomic E-state index is 0.111. The molecule has 1 aliphatic rings. The maximum Gasteiger partial charge on any atom is 0.329 e. The number of pyridine rings is 1. The van der Waals surface area contributed by atoms with Crippen LogP contribution in [0.1, 0.15) is 30.5 Å². The Labute approximate surface area is 186 Å². The van der Waals surface area contributed by atoms with Crippen molar-refractivity contribution in [1.82, 2.24) is 18.7 Å². The third-order valence-electron chi connectivity index (χ3n) is 6.52. The lowest BCUT2D eigenvalue weighted by atomic mass is 10.0. The van der Waals surface area contributed by atoms with E-state index in [1.165, 1.54) is 6.26 Å². The van der Waals surface area contributed by atoms with Crippen LogP contribution in [0, 0.1) is 0 Å². The SMILES string of the molecule is Cn1c(=O)n(Cc2cc3cc(C4(N)CC4)ccc3n2CCCS(C)(=O)=O)c2cnccc21. The molecule has 1 saturated carbocycles. The number of hydrogen-bond donors (Lipinski definition) is 1. The molecule has 0 saturated heterocycles. The molecule has 3 heterocycles. The van der Waals surface area contributed by atoms with Crippen LogP contribution in [0.15, 0.2) is 47.5 Å². The minimum Gasteiger partial charge on any atom is -0.343 e. The number of hydrogen-bond acceptors (Lipinski definition) is 5. The molecule has 0 aliphatic heterocycles. The number of fused-ring (bicyclic) bond motifs is 2. The summed E-state index contributed by atoms with van der Waals surface area (Å²) >= 11 is 0. The van der Waals surface area contributed by atoms with Crippen LogP contribution in [0.4, 0.5) is 0 Å². The zero-order valence-electron chi connectivity index (χ0n) is 18.3. The van der Waals surface area contributed by atoms with Crippen molar-refractivity contribution >= 4 is 31.8 Å². The highest BCUT2D eigenvalue weighted by Gasteiger charge is 2.40. The van der Waals surface area contributed by atoms with Crippen molar-refractivity contribution in [3.8, 4) is 0 Å². The molecule has 0 bridgehead atoms. The van der Waals surface area contributed by atoms with Crippen LogP contribution in [-0.2, 0) is 35.5 Å². The van der Waals surface area contributed by atoms with Crippen molar-refractivity contribution in [2.24, 2.45) is 12.8 Å². The molecule has 9 heteroatoms. The molecule has 0 atom stereocenters. The van der Waals surface area contributed by atoms with Gasteiger partial charge in [0.1, 0.15) is 9.84 Å². The molecule has 5 rings (SSSR count). The van der Waals surface area contributed by atoms with E-state index in [0.29, 0.717) is 19.5 Å². The number of sulfone groups is 1. The average Bonchev–Trinajstić information content (AvgIpc) is 3.35. The first kappa shape index (κ1) is 21.0. The van der Waals surface area contributed by atoms with E-state index >= 15 is 0 Å². The Kier molecular flexibility index (Phi) is 4.79. The molecule has 1 aliphatic carbocycles. The van der Waals surface area contributed by atoms with Gasteiger partial charge in [-0.05, 0) is 49.1 Å². The molecule has 0 amide bonds. The highest BCUT2D eigenvalue weighted by Crippen LogP contribution is 2.43. The first-order chi connectivity index (χ1) is 15.2. The first-order valence-electron chi connectivity index (χ1n) is 10.7. The van der Waals surface area contributed by atoms with Gasteiger partial charge in [-0.3, -0.25) is 14.1 Å². The molecule has 8 nitrogen and oxygen atoms in total. The topological polar surface area (TPSA) is 105 Å². The zero-order valence-corrected chi connectivity index (χ0v) is 19.1. The fraction of sp³-hybridized carbons (Fsp3) is 0.391. The van der Waals surface area contributed by atoms with E-state index < -0.39 is 9.84 Å². The van der Waals surface area contributed by atoms with Crippen LogP contribution in [0.25, 0.3) is 21.9 Å². The fourth-order valence-electron chi connectivity index (χ4n) is 4.51. The molecule has 0 unspecified atom stereocenters. The molecule has 3 aromatic heterocycles. The molecule has 1 fully saturated rings. The minimum atomic E-state index is -3.05. The van der Waals surface area contributed by atoms with Crippen LogP contribution in [0.5, 0.6) is 0 Å². The highest BCUT2D eigenvalue weighted by atomic mass is 32.2. The number of nitrogens with zero attached hydrogens (tertiary/aromatic N) is 4. The Morgan fingerprint density at radius 2 is 1.88 bits per heavy atom. The average molecular weight is 454 g/mol. The number of aromatic nitrogens is 4. The third kappa shape index (κ3) is 3.65. The molecule has 2 N–H and O–H groups in total. The molecule has 0 spiro atoms. The van der Waals surface area contributed by atoms with E-state index in [1.807, 2.05) is 6.07 Å². The van der Waals surface area contributed by atoms with Gasteiger partial charge < -0.3 is 10.3 Å². The lowest BCUT2D eigenvalue weighted by Gasteiger charge is -2.13. The number of benzene rings is 1. The summed E-state index contributed by atoms with van der Waals surface area (Å²) < 4.78 is 28.8. The van der Waals surface area contributed by atoms with E-state index in [9.17, 15) is 13.2 Å². The van der Waals surface area contributed by atoms with Crippen molar-refractivity contribution in [3.63, 3.8) is 0 Å². The van der Waals surface area contributed by atoms with Crippen molar-refractivity contribution in [2.45, 2.75) is 37.9 Å². The quantitative estimate of drug-likeness (QED) is 0.462. The summed E-state index contributed by atoms with van der Waals surface area (Å²) in [6.07, 6.45) is 7.11. The predicted molar refractivity (Wildman–Crippen MR) is 125 cm³/mol. The van der Waals surface area contributed by atoms with E-state index in [0.717, 1.165) is 46.0 Å². The maximum absolute atomic E-state index is 13.0. The molecule has 1 aromatic carbocycles. The van der Waals surface area contributed by atoms with Crippen LogP contribution >= 0.6 is 0 Å². The van der Waals surface area contributed by atoms with Gasteiger partial charge in [-0.25, -0.2) is 13.2 Å². The van der Waals surface area contributed by atoms with Gasteiger partial charge in [0.05, 0.1) is 29.5 Å². The Balaban J connectivity index is 1.60. The number of rotatable bonds is 7. The smallest absolute Gasteiger partial charge is 0.329 e. The monoisotopic (exact) mass is 453 g/mol. The van der Waals surface area contributed by atoms with E-state index in [4.69, 9.17) is 5.73 Å². The lowest BCUT2D eigenvalue weighted by molar-refractivity contribution is 0.588. The van der Waals surface area contributed by atoms with Gasteiger partial charge in [0.25, 0.3) is 0 Å². The summed E-state index contributed by atoms with van der Waals surface area (Å²) in [5.41, 5.74) is 10.8. The van der Waals surface area contributed by atoms with Gasteiger partial charge in [0.15, 0.2) is 0 Å². The second-order valence-corrected chi connectivity index (χ2v) is 11.3. The second kappa shape index (κ2) is 7.31. The normalized spacial score (nSPS) is 15.6. The zero-order chi connectivity index (χ0) is 22.7. The van der Waals surface area contributed by atoms with Crippen molar-refractivity contribution in [2.75, 3.05) is 12.0 Å². The molecule has 32 heavy (non-hydrogen) atoms. The van der Waals surface area contributed by atoms with E-state index in [2.05, 4.69) is 33.8 Å². The van der Waals surface area contributed by atoms with Crippen molar-refractivity contribution in [3.05, 3.63) is 64.5 Å². The van der Waals surface area contributed by atoms with Crippen molar-refractivity contribution in [1.29, 1.82) is 0 Å². The number of aryl methyl sites for hydroxylation is 2. The molecular weight excluding hydrogens is 426 g/mol. The van der Waals surface area contributed by atoms with Crippen LogP contribution in [-0.4, -0.2) is 39.1 Å². The summed E-state index contributed by atoms with van der Waals surface area (Å²) in [7, 11) is -1.29. The maximum atomic E-state index is 13.0. The Morgan fingerprint density at radius 1 is 1.09 bits per heavy atom. The van der Waals surface area contributed by atoms with Gasteiger partial charge in [0.2, 0.25) is 0 Å². The summed E-state index contributed by atoms with van der Waals surface area (Å²) in [5.74, 6) is 0.119. The van der Waals surface area contributed by atoms with Gasteiger partial charge in [-0.1, -0.05) is 6.07 Å². The second-order valence-electron chi connectivity index (χ2n) is 8.99. The van der Waals surface area contributed by atoms with Crippen molar-refractivity contribution < 1.29 is 8.42 Å². The van der Waals surface area contributed by atoms with E-state index in [1.54, 1.807) is 28.6 Å². The summed E-state index contributed by atoms with van der Waals surface area (Å²) in [6, 6.07) is 10.2. The van der Waals surface area contributed by atoms with Crippen LogP contribution in [0.2, 0.25) is 0 Å². The predicted octanol–water partition coefficient (Wildman–Crippen LogP) is 2.12. The molecule has 4 aromatic rings. The number of nitrogens with two attached hydrogens (primary N) is 1. The summed E-state index contributed by atoms with van der Waals surface area (Å²) in [4.78, 5) is 17.1. The van der Waals surface area contributed by atoms with Gasteiger partial charge in [-0.2, -0.15) is 0 Å². The van der Waals surface area contributed by atoms with Crippen LogP contribution in [0.3, 0.4) is 0 Å². The highest BCUT2D eigenvalue weighted by molar-refractivity contribution is 7.90. The Hall–Kier alpha value is -2.91. The lowest BCUT2D eigenvalue weighted by Crippen LogP contribution is -2.24. The fourth-order valence-corrected chi connectivity index (χ4v) is 5.17. The standard InChI is InChI=1S/C23H27N5O3S/c1-26-20-6-9-25-14-21(20)28(22(26)29)15-18-13-16-12-17(23(24)7-8-23)4-5-19(16)27(18)10-3-11-32(2,30)31/h4-6,9,12-14H,3,7-8,10-11,15,24H2,1-2H3. The van der Waals surface area contributed by atoms with Gasteiger partial charge in [0, 0.05) is 48.2 Å². The first-order valence-corrected chi connectivity index (χ1v) is 12.8. The number of imidazole rings is 1. The third-order valence-corrected chi connectivity index (χ3v) is 7.55. The molecule has 0 radical (unpaired) electrons. The van der Waals surface area contributed by atoms with Crippen LogP contribution < -0.4 is 11.4 Å². The van der Waals surface area contributed by atoms with Gasteiger partial charge in [-0.15, -0.1) is 0 Å². The van der Waals surface area contributed by atoms with Gasteiger partial charge >= 0.3 is 5.69 Å². The Bertz CT molecular complexity index is 1510. The largest absolute Gasteiger partial charge is 0.343 e. The Morgan fingerprint density at radius 3 is 2.59 bits per heavy atom. The summed E-state index contributed by atoms with van der Waals surface area (Å²) in [5, 5.41) is 1.06. The summed E-state index contributed by atoms with van der Waals surface area (Å²) in [6.45, 7) is 0.926. The van der Waals surface area contributed by atoms with E-state index in [-0.39, 0.29) is 17.0 Å². The molecular formula is C23H27N5O3S.